The minimum atomic E-state index is -4.15. The van der Waals surface area contributed by atoms with Gasteiger partial charge in [-0.3, -0.25) is 19.3 Å². The summed E-state index contributed by atoms with van der Waals surface area (Å²) in [6.45, 7) is 1.77. The molecule has 0 radical (unpaired) electrons. The number of unbranched alkanes of at least 4 members (excludes halogenated alkanes) is 3. The van der Waals surface area contributed by atoms with Crippen molar-refractivity contribution >= 4 is 44.3 Å². The van der Waals surface area contributed by atoms with Crippen LogP contribution in [0.25, 0.3) is 10.8 Å². The normalized spacial score (nSPS) is 20.6. The van der Waals surface area contributed by atoms with E-state index < -0.39 is 52.9 Å². The maximum atomic E-state index is 13.8. The number of benzene rings is 2. The number of sulfonamides is 1. The Morgan fingerprint density at radius 1 is 1.00 bits per heavy atom. The molecule has 2 amide bonds. The molecule has 3 rings (SSSR count). The third-order valence-electron chi connectivity index (χ3n) is 8.65. The third-order valence-corrected chi connectivity index (χ3v) is 10.2. The van der Waals surface area contributed by atoms with Gasteiger partial charge in [0.05, 0.1) is 36.8 Å². The summed E-state index contributed by atoms with van der Waals surface area (Å²) in [7, 11) is 0.926. The Bertz CT molecular complexity index is 1490. The number of carbonyl (C=O) groups excluding carboxylic acids is 3. The van der Waals surface area contributed by atoms with E-state index in [2.05, 4.69) is 20.1 Å². The SMILES string of the molecule is COC(=O)CCCCCNC(=O)[C@H](CCCCN1C[C@H](NC(C)=O)[C@@H](O)[C@H](O)[C@H]1CO)NS(=O)(=O)c1cccc2c(N(C)C)cccc12. The molecule has 2 aromatic carbocycles. The first-order valence-electron chi connectivity index (χ1n) is 16.3. The molecule has 6 N–H and O–H groups in total. The number of rotatable bonds is 18. The lowest BCUT2D eigenvalue weighted by Gasteiger charge is -2.45. The van der Waals surface area contributed by atoms with Crippen LogP contribution in [0.2, 0.25) is 0 Å². The molecule has 0 aromatic heterocycles. The summed E-state index contributed by atoms with van der Waals surface area (Å²) in [4.78, 5) is 40.1. The summed E-state index contributed by atoms with van der Waals surface area (Å²) in [5.41, 5.74) is 0.850. The van der Waals surface area contributed by atoms with Crippen LogP contribution in [0, 0.1) is 0 Å². The molecule has 48 heavy (non-hydrogen) atoms. The predicted molar refractivity (Wildman–Crippen MR) is 182 cm³/mol. The van der Waals surface area contributed by atoms with Crippen LogP contribution in [0.3, 0.4) is 0 Å². The molecular formula is C33H51N5O9S. The Morgan fingerprint density at radius 3 is 2.38 bits per heavy atom. The summed E-state index contributed by atoms with van der Waals surface area (Å²) >= 11 is 0. The van der Waals surface area contributed by atoms with Gasteiger partial charge in [-0.1, -0.05) is 37.1 Å². The van der Waals surface area contributed by atoms with E-state index in [1.165, 1.54) is 20.1 Å². The molecule has 1 saturated heterocycles. The van der Waals surface area contributed by atoms with Crippen LogP contribution in [0.15, 0.2) is 41.3 Å². The smallest absolute Gasteiger partial charge is 0.305 e. The molecular weight excluding hydrogens is 642 g/mol. The van der Waals surface area contributed by atoms with Crippen molar-refractivity contribution in [3.05, 3.63) is 36.4 Å². The molecule has 0 unspecified atom stereocenters. The van der Waals surface area contributed by atoms with Gasteiger partial charge in [0.25, 0.3) is 0 Å². The molecule has 15 heteroatoms. The van der Waals surface area contributed by atoms with E-state index in [0.717, 1.165) is 11.1 Å². The van der Waals surface area contributed by atoms with Gasteiger partial charge >= 0.3 is 5.97 Å². The van der Waals surface area contributed by atoms with Crippen molar-refractivity contribution in [1.82, 2.24) is 20.3 Å². The second kappa shape index (κ2) is 18.4. The van der Waals surface area contributed by atoms with Crippen molar-refractivity contribution in [2.45, 2.75) is 87.1 Å². The van der Waals surface area contributed by atoms with Gasteiger partial charge in [0.1, 0.15) is 12.1 Å². The van der Waals surface area contributed by atoms with Gasteiger partial charge in [-0.05, 0) is 44.4 Å². The fourth-order valence-corrected chi connectivity index (χ4v) is 7.56. The summed E-state index contributed by atoms with van der Waals surface area (Å²) in [6, 6.07) is 7.87. The van der Waals surface area contributed by atoms with E-state index in [-0.39, 0.29) is 36.2 Å². The number of aliphatic hydroxyl groups excluding tert-OH is 3. The van der Waals surface area contributed by atoms with Crippen molar-refractivity contribution in [2.24, 2.45) is 0 Å². The molecule has 0 saturated carbocycles. The number of fused-ring (bicyclic) bond motifs is 1. The standard InChI is InChI=1S/C33H51N5O9S/c1-22(40)35-26-20-38(28(21-39)32(43)31(26)42)19-9-7-14-25(33(44)34-18-8-5-6-17-30(41)47-4)36-48(45,46)29-16-11-12-23-24(29)13-10-15-27(23)37(2)3/h10-13,15-16,25-26,28,31-32,36,39,42-43H,5-9,14,17-21H2,1-4H3,(H,34,44)(H,35,40)/t25-,26-,28+,31+,32+/m0/s1. The van der Waals surface area contributed by atoms with E-state index in [9.17, 15) is 38.1 Å². The van der Waals surface area contributed by atoms with Gasteiger partial charge in [-0.2, -0.15) is 4.72 Å². The molecule has 0 spiro atoms. The Balaban J connectivity index is 1.73. The molecule has 1 heterocycles. The summed E-state index contributed by atoms with van der Waals surface area (Å²) in [5.74, 6) is -1.13. The third kappa shape index (κ3) is 10.6. The number of methoxy groups -OCH3 is 1. The monoisotopic (exact) mass is 693 g/mol. The molecule has 0 aliphatic carbocycles. The fraction of sp³-hybridized carbons (Fsp3) is 0.606. The summed E-state index contributed by atoms with van der Waals surface area (Å²) in [5, 5.41) is 37.7. The number of esters is 1. The molecule has 1 aliphatic rings. The minimum Gasteiger partial charge on any atom is -0.469 e. The maximum Gasteiger partial charge on any atom is 0.305 e. The van der Waals surface area contributed by atoms with Crippen LogP contribution in [0.4, 0.5) is 5.69 Å². The van der Waals surface area contributed by atoms with Crippen LogP contribution in [0.5, 0.6) is 0 Å². The van der Waals surface area contributed by atoms with Crippen molar-refractivity contribution in [3.63, 3.8) is 0 Å². The average molecular weight is 694 g/mol. The molecule has 1 fully saturated rings. The summed E-state index contributed by atoms with van der Waals surface area (Å²) in [6.07, 6.45) is 0.693. The van der Waals surface area contributed by atoms with Crippen LogP contribution in [-0.2, 0) is 29.1 Å². The number of amides is 2. The highest BCUT2D eigenvalue weighted by Gasteiger charge is 2.41. The van der Waals surface area contributed by atoms with Gasteiger partial charge < -0.3 is 35.6 Å². The highest BCUT2D eigenvalue weighted by atomic mass is 32.2. The lowest BCUT2D eigenvalue weighted by atomic mass is 9.92. The van der Waals surface area contributed by atoms with Gasteiger partial charge in [-0.25, -0.2) is 8.42 Å². The number of ether oxygens (including phenoxy) is 1. The number of anilines is 1. The molecule has 14 nitrogen and oxygen atoms in total. The van der Waals surface area contributed by atoms with Crippen molar-refractivity contribution in [2.75, 3.05) is 52.3 Å². The zero-order valence-electron chi connectivity index (χ0n) is 28.2. The number of hydrogen-bond acceptors (Lipinski definition) is 11. The maximum absolute atomic E-state index is 13.8. The zero-order valence-corrected chi connectivity index (χ0v) is 29.0. The quantitative estimate of drug-likeness (QED) is 0.0938. The zero-order chi connectivity index (χ0) is 35.4. The average Bonchev–Trinajstić information content (AvgIpc) is 3.05. The van der Waals surface area contributed by atoms with E-state index in [0.29, 0.717) is 50.6 Å². The van der Waals surface area contributed by atoms with Crippen molar-refractivity contribution in [3.8, 4) is 0 Å². The van der Waals surface area contributed by atoms with Crippen LogP contribution in [0.1, 0.15) is 51.9 Å². The van der Waals surface area contributed by atoms with Crippen LogP contribution < -0.4 is 20.3 Å². The Labute approximate surface area is 282 Å². The first-order valence-corrected chi connectivity index (χ1v) is 17.8. The van der Waals surface area contributed by atoms with Gasteiger partial charge in [0.2, 0.25) is 21.8 Å². The molecule has 5 atom stereocenters. The number of likely N-dealkylation sites (tertiary alicyclic amines) is 1. The molecule has 268 valence electrons. The highest BCUT2D eigenvalue weighted by molar-refractivity contribution is 7.89. The fourth-order valence-electron chi connectivity index (χ4n) is 6.10. The van der Waals surface area contributed by atoms with Crippen LogP contribution >= 0.6 is 0 Å². The number of nitrogens with one attached hydrogen (secondary N) is 3. The first kappa shape index (κ1) is 39.1. The van der Waals surface area contributed by atoms with E-state index in [1.807, 2.05) is 31.1 Å². The van der Waals surface area contributed by atoms with Gasteiger partial charge in [0, 0.05) is 57.0 Å². The lowest BCUT2D eigenvalue weighted by molar-refractivity contribution is -0.140. The van der Waals surface area contributed by atoms with E-state index >= 15 is 0 Å². The lowest BCUT2D eigenvalue weighted by Crippen LogP contribution is -2.66. The summed E-state index contributed by atoms with van der Waals surface area (Å²) < 4.78 is 35.0. The van der Waals surface area contributed by atoms with Crippen molar-refractivity contribution < 1.29 is 42.9 Å². The van der Waals surface area contributed by atoms with Crippen molar-refractivity contribution in [1.29, 1.82) is 0 Å². The number of nitrogens with zero attached hydrogens (tertiary/aromatic N) is 2. The number of carbonyl (C=O) groups is 3. The molecule has 1 aliphatic heterocycles. The first-order chi connectivity index (χ1) is 22.8. The minimum absolute atomic E-state index is 0.0555. The Morgan fingerprint density at radius 2 is 1.71 bits per heavy atom. The second-order valence-electron chi connectivity index (χ2n) is 12.4. The number of hydrogen-bond donors (Lipinski definition) is 6. The van der Waals surface area contributed by atoms with E-state index in [4.69, 9.17) is 0 Å². The van der Waals surface area contributed by atoms with Gasteiger partial charge in [0.15, 0.2) is 0 Å². The largest absolute Gasteiger partial charge is 0.469 e. The topological polar surface area (TPSA) is 198 Å². The predicted octanol–water partition coefficient (Wildman–Crippen LogP) is 0.476. The number of piperidine rings is 1. The molecule has 0 bridgehead atoms. The van der Waals surface area contributed by atoms with Gasteiger partial charge in [-0.15, -0.1) is 0 Å². The van der Waals surface area contributed by atoms with Crippen LogP contribution in [-0.4, -0.2) is 124 Å². The Hall–Kier alpha value is -3.34. The van der Waals surface area contributed by atoms with E-state index in [1.54, 1.807) is 23.1 Å². The molecule has 2 aromatic rings. The highest BCUT2D eigenvalue weighted by Crippen LogP contribution is 2.30. The number of aliphatic hydroxyl groups is 3. The second-order valence-corrected chi connectivity index (χ2v) is 14.1. The Kier molecular flexibility index (Phi) is 15.0.